The smallest absolute Gasteiger partial charge is 0.293 e. The number of rotatable bonds is 6. The summed E-state index contributed by atoms with van der Waals surface area (Å²) in [6.07, 6.45) is 0. The highest BCUT2D eigenvalue weighted by atomic mass is 16.5. The molecule has 0 aliphatic carbocycles. The lowest BCUT2D eigenvalue weighted by Gasteiger charge is -2.05. The fourth-order valence-corrected chi connectivity index (χ4v) is 1.11. The number of oxime groups is 1. The van der Waals surface area contributed by atoms with Crippen LogP contribution < -0.4 is 4.74 Å². The van der Waals surface area contributed by atoms with Crippen molar-refractivity contribution in [3.8, 4) is 5.75 Å². The maximum absolute atomic E-state index is 9.85. The van der Waals surface area contributed by atoms with Gasteiger partial charge in [-0.3, -0.25) is 4.79 Å². The minimum absolute atomic E-state index is 0.225. The standard InChI is InChI=1S/C11H13NO4.C2H6/c1-9(12-14)10-2-4-11(5-3-10)16-7-6-15-8-13;1-2/h2-5,8,14H,6-7H2,1H3;1-2H3. The maximum Gasteiger partial charge on any atom is 0.293 e. The van der Waals surface area contributed by atoms with Gasteiger partial charge in [-0.1, -0.05) is 19.0 Å². The van der Waals surface area contributed by atoms with Gasteiger partial charge in [-0.25, -0.2) is 0 Å². The van der Waals surface area contributed by atoms with Gasteiger partial charge >= 0.3 is 0 Å². The van der Waals surface area contributed by atoms with E-state index in [4.69, 9.17) is 9.94 Å². The van der Waals surface area contributed by atoms with Gasteiger partial charge < -0.3 is 14.7 Å². The maximum atomic E-state index is 9.85. The van der Waals surface area contributed by atoms with Crippen LogP contribution in [-0.2, 0) is 9.53 Å². The molecule has 1 rings (SSSR count). The van der Waals surface area contributed by atoms with Crippen molar-refractivity contribution in [1.82, 2.24) is 0 Å². The summed E-state index contributed by atoms with van der Waals surface area (Å²) >= 11 is 0. The van der Waals surface area contributed by atoms with Crippen molar-refractivity contribution < 1.29 is 19.5 Å². The van der Waals surface area contributed by atoms with E-state index >= 15 is 0 Å². The molecule has 0 heterocycles. The average Bonchev–Trinajstić information content (AvgIpc) is 2.45. The Balaban J connectivity index is 0.00000137. The molecule has 1 aromatic rings. The van der Waals surface area contributed by atoms with Gasteiger partial charge in [0.1, 0.15) is 19.0 Å². The highest BCUT2D eigenvalue weighted by molar-refractivity contribution is 5.98. The molecule has 0 saturated heterocycles. The second kappa shape index (κ2) is 10.1. The zero-order valence-corrected chi connectivity index (χ0v) is 10.9. The van der Waals surface area contributed by atoms with Gasteiger partial charge in [0.2, 0.25) is 0 Å². The van der Waals surface area contributed by atoms with Crippen LogP contribution >= 0.6 is 0 Å². The molecule has 0 amide bonds. The molecular formula is C13H19NO4. The summed E-state index contributed by atoms with van der Waals surface area (Å²) in [6.45, 7) is 6.62. The van der Waals surface area contributed by atoms with Crippen LogP contribution in [0.3, 0.4) is 0 Å². The third-order valence-corrected chi connectivity index (χ3v) is 1.96. The first-order valence-electron chi connectivity index (χ1n) is 5.75. The van der Waals surface area contributed by atoms with Crippen molar-refractivity contribution in [2.45, 2.75) is 20.8 Å². The fourth-order valence-electron chi connectivity index (χ4n) is 1.11. The van der Waals surface area contributed by atoms with Crippen LogP contribution in [-0.4, -0.2) is 30.6 Å². The second-order valence-corrected chi connectivity index (χ2v) is 3.03. The largest absolute Gasteiger partial charge is 0.490 e. The number of hydrogen-bond acceptors (Lipinski definition) is 5. The zero-order valence-electron chi connectivity index (χ0n) is 10.9. The first kappa shape index (κ1) is 16.0. The van der Waals surface area contributed by atoms with E-state index in [0.29, 0.717) is 24.5 Å². The Labute approximate surface area is 107 Å². The van der Waals surface area contributed by atoms with E-state index in [9.17, 15) is 4.79 Å². The Morgan fingerprint density at radius 3 is 2.39 bits per heavy atom. The van der Waals surface area contributed by atoms with E-state index in [2.05, 4.69) is 9.89 Å². The van der Waals surface area contributed by atoms with Crippen LogP contribution in [0.25, 0.3) is 0 Å². The summed E-state index contributed by atoms with van der Waals surface area (Å²) in [5, 5.41) is 11.7. The number of ether oxygens (including phenoxy) is 2. The molecule has 0 aliphatic heterocycles. The van der Waals surface area contributed by atoms with Crippen LogP contribution in [0.1, 0.15) is 26.3 Å². The molecule has 0 radical (unpaired) electrons. The first-order valence-corrected chi connectivity index (χ1v) is 5.75. The molecule has 0 fully saturated rings. The normalized spacial score (nSPS) is 10.1. The lowest BCUT2D eigenvalue weighted by Crippen LogP contribution is -2.05. The zero-order chi connectivity index (χ0) is 13.8. The lowest BCUT2D eigenvalue weighted by atomic mass is 10.1. The number of hydrogen-bond donors (Lipinski definition) is 1. The fraction of sp³-hybridized carbons (Fsp3) is 0.385. The minimum atomic E-state index is 0.225. The Hall–Kier alpha value is -2.04. The summed E-state index contributed by atoms with van der Waals surface area (Å²) in [4.78, 5) is 9.85. The first-order chi connectivity index (χ1) is 8.77. The van der Waals surface area contributed by atoms with Gasteiger partial charge in [0.05, 0.1) is 5.71 Å². The lowest BCUT2D eigenvalue weighted by molar-refractivity contribution is -0.129. The molecule has 0 unspecified atom stereocenters. The molecule has 0 bridgehead atoms. The third-order valence-electron chi connectivity index (χ3n) is 1.96. The molecule has 0 saturated carbocycles. The second-order valence-electron chi connectivity index (χ2n) is 3.03. The van der Waals surface area contributed by atoms with Gasteiger partial charge in [-0.15, -0.1) is 0 Å². The third kappa shape index (κ3) is 5.89. The van der Waals surface area contributed by atoms with E-state index in [0.717, 1.165) is 5.56 Å². The quantitative estimate of drug-likeness (QED) is 0.278. The van der Waals surface area contributed by atoms with Crippen LogP contribution in [0.15, 0.2) is 29.4 Å². The predicted octanol–water partition coefficient (Wildman–Crippen LogP) is 2.46. The van der Waals surface area contributed by atoms with Crippen molar-refractivity contribution in [3.05, 3.63) is 29.8 Å². The number of nitrogens with zero attached hydrogens (tertiary/aromatic N) is 1. The Bertz CT molecular complexity index is 360. The van der Waals surface area contributed by atoms with Crippen molar-refractivity contribution in [2.24, 2.45) is 5.16 Å². The molecule has 0 spiro atoms. The predicted molar refractivity (Wildman–Crippen MR) is 69.3 cm³/mol. The van der Waals surface area contributed by atoms with Crippen LogP contribution in [0.5, 0.6) is 5.75 Å². The minimum Gasteiger partial charge on any atom is -0.490 e. The molecule has 0 aromatic heterocycles. The van der Waals surface area contributed by atoms with Gasteiger partial charge in [0, 0.05) is 0 Å². The van der Waals surface area contributed by atoms with E-state index in [1.807, 2.05) is 13.8 Å². The van der Waals surface area contributed by atoms with Crippen LogP contribution in [0.4, 0.5) is 0 Å². The molecule has 1 aromatic carbocycles. The van der Waals surface area contributed by atoms with Gasteiger partial charge in [0.25, 0.3) is 6.47 Å². The Kier molecular flexibility index (Phi) is 8.99. The summed E-state index contributed by atoms with van der Waals surface area (Å²) in [5.41, 5.74) is 1.36. The average molecular weight is 253 g/mol. The Morgan fingerprint density at radius 2 is 1.89 bits per heavy atom. The number of carbonyl (C=O) groups is 1. The van der Waals surface area contributed by atoms with Crippen LogP contribution in [0, 0.1) is 0 Å². The summed E-state index contributed by atoms with van der Waals surface area (Å²) < 4.78 is 9.77. The van der Waals surface area contributed by atoms with E-state index in [1.165, 1.54) is 0 Å². The van der Waals surface area contributed by atoms with Crippen LogP contribution in [0.2, 0.25) is 0 Å². The van der Waals surface area contributed by atoms with Gasteiger partial charge in [-0.2, -0.15) is 0 Å². The van der Waals surface area contributed by atoms with Gasteiger partial charge in [0.15, 0.2) is 0 Å². The summed E-state index contributed by atoms with van der Waals surface area (Å²) in [5.74, 6) is 0.670. The summed E-state index contributed by atoms with van der Waals surface area (Å²) in [7, 11) is 0. The van der Waals surface area contributed by atoms with Crippen molar-refractivity contribution >= 4 is 12.2 Å². The molecule has 5 heteroatoms. The molecular weight excluding hydrogens is 234 g/mol. The molecule has 1 N–H and O–H groups in total. The van der Waals surface area contributed by atoms with E-state index < -0.39 is 0 Å². The van der Waals surface area contributed by atoms with Crippen molar-refractivity contribution in [1.29, 1.82) is 0 Å². The topological polar surface area (TPSA) is 68.1 Å². The van der Waals surface area contributed by atoms with E-state index in [-0.39, 0.29) is 6.61 Å². The highest BCUT2D eigenvalue weighted by Gasteiger charge is 1.98. The SMILES string of the molecule is CC.CC(=NO)c1ccc(OCCOC=O)cc1. The van der Waals surface area contributed by atoms with Gasteiger partial charge in [-0.05, 0) is 36.8 Å². The number of benzene rings is 1. The van der Waals surface area contributed by atoms with E-state index in [1.54, 1.807) is 31.2 Å². The molecule has 18 heavy (non-hydrogen) atoms. The molecule has 5 nitrogen and oxygen atoms in total. The Morgan fingerprint density at radius 1 is 1.28 bits per heavy atom. The molecule has 0 atom stereocenters. The highest BCUT2D eigenvalue weighted by Crippen LogP contribution is 2.12. The summed E-state index contributed by atoms with van der Waals surface area (Å²) in [6, 6.07) is 7.08. The van der Waals surface area contributed by atoms with Crippen molar-refractivity contribution in [3.63, 3.8) is 0 Å². The van der Waals surface area contributed by atoms with Crippen molar-refractivity contribution in [2.75, 3.05) is 13.2 Å². The monoisotopic (exact) mass is 253 g/mol. The molecule has 100 valence electrons. The number of carbonyl (C=O) groups excluding carboxylic acids is 1. The molecule has 0 aliphatic rings.